The van der Waals surface area contributed by atoms with Crippen molar-refractivity contribution in [3.63, 3.8) is 0 Å². The maximum atomic E-state index is 12.3. The predicted octanol–water partition coefficient (Wildman–Crippen LogP) is 2.01. The second-order valence-corrected chi connectivity index (χ2v) is 5.77. The van der Waals surface area contributed by atoms with E-state index in [0.29, 0.717) is 12.2 Å². The number of nitrogens with two attached hydrogens (primary N) is 1. The second kappa shape index (κ2) is 5.38. The summed E-state index contributed by atoms with van der Waals surface area (Å²) in [4.78, 5) is 14.1. The average molecular weight is 335 g/mol. The van der Waals surface area contributed by atoms with Crippen LogP contribution in [0.15, 0.2) is 34.8 Å². The molecule has 1 aromatic carbocycles. The van der Waals surface area contributed by atoms with E-state index in [4.69, 9.17) is 5.73 Å². The van der Waals surface area contributed by atoms with Crippen LogP contribution in [0, 0.1) is 0 Å². The Morgan fingerprint density at radius 3 is 2.80 bits per heavy atom. The summed E-state index contributed by atoms with van der Waals surface area (Å²) < 4.78 is 1.01. The number of likely N-dealkylation sites (tertiary alicyclic amines) is 1. The first kappa shape index (κ1) is 13.3. The Bertz CT molecular complexity index is 620. The van der Waals surface area contributed by atoms with Crippen LogP contribution in [0.4, 0.5) is 0 Å². The van der Waals surface area contributed by atoms with E-state index in [2.05, 4.69) is 26.1 Å². The van der Waals surface area contributed by atoms with Gasteiger partial charge in [0.25, 0.3) is 5.91 Å². The van der Waals surface area contributed by atoms with Crippen LogP contribution in [-0.2, 0) is 0 Å². The molecule has 1 aromatic heterocycles. The van der Waals surface area contributed by atoms with Crippen LogP contribution in [0.5, 0.6) is 0 Å². The van der Waals surface area contributed by atoms with Gasteiger partial charge in [0.15, 0.2) is 0 Å². The Hall–Kier alpha value is -1.66. The van der Waals surface area contributed by atoms with E-state index in [1.165, 1.54) is 0 Å². The molecule has 2 aromatic rings. The molecule has 1 amide bonds. The molecule has 1 aliphatic rings. The molecule has 3 rings (SSSR count). The van der Waals surface area contributed by atoms with E-state index in [0.717, 1.165) is 28.7 Å². The van der Waals surface area contributed by atoms with Crippen molar-refractivity contribution in [2.75, 3.05) is 13.1 Å². The maximum absolute atomic E-state index is 12.3. The minimum absolute atomic E-state index is 0.0254. The number of aromatic amines is 1. The zero-order valence-electron chi connectivity index (χ0n) is 10.8. The van der Waals surface area contributed by atoms with Crippen molar-refractivity contribution < 1.29 is 4.79 Å². The number of carbonyl (C=O) groups excluding carboxylic acids is 1. The summed E-state index contributed by atoms with van der Waals surface area (Å²) in [6.45, 7) is 1.28. The van der Waals surface area contributed by atoms with Crippen molar-refractivity contribution in [2.24, 2.45) is 5.73 Å². The van der Waals surface area contributed by atoms with Gasteiger partial charge in [-0.1, -0.05) is 28.1 Å². The Morgan fingerprint density at radius 2 is 2.20 bits per heavy atom. The van der Waals surface area contributed by atoms with Crippen molar-refractivity contribution >= 4 is 21.8 Å². The highest BCUT2D eigenvalue weighted by molar-refractivity contribution is 9.10. The molecule has 6 heteroatoms. The minimum atomic E-state index is -0.0254. The van der Waals surface area contributed by atoms with Crippen LogP contribution < -0.4 is 5.73 Å². The third-order valence-electron chi connectivity index (χ3n) is 3.63. The number of nitrogens with zero attached hydrogens (tertiary/aromatic N) is 2. The van der Waals surface area contributed by atoms with Gasteiger partial charge in [0, 0.05) is 29.2 Å². The van der Waals surface area contributed by atoms with E-state index in [9.17, 15) is 4.79 Å². The second-order valence-electron chi connectivity index (χ2n) is 4.85. The third kappa shape index (κ3) is 2.36. The van der Waals surface area contributed by atoms with Crippen molar-refractivity contribution in [1.29, 1.82) is 0 Å². The summed E-state index contributed by atoms with van der Waals surface area (Å²) in [6, 6.07) is 9.78. The van der Waals surface area contributed by atoms with Crippen LogP contribution >= 0.6 is 15.9 Å². The van der Waals surface area contributed by atoms with E-state index < -0.39 is 0 Å². The van der Waals surface area contributed by atoms with Gasteiger partial charge in [-0.05, 0) is 24.6 Å². The maximum Gasteiger partial charge on any atom is 0.272 e. The Labute approximate surface area is 125 Å². The standard InChI is InChI=1S/C14H15BrN4O/c15-10-3-1-9(2-4-10)12-7-13(18-17-12)14(20)19-6-5-11(19)8-16/h1-4,7,11H,5-6,8,16H2,(H,17,18). The first-order chi connectivity index (χ1) is 9.69. The van der Waals surface area contributed by atoms with Gasteiger partial charge < -0.3 is 10.6 Å². The summed E-state index contributed by atoms with van der Waals surface area (Å²) in [6.07, 6.45) is 0.982. The first-order valence-corrected chi connectivity index (χ1v) is 7.30. The number of aromatic nitrogens is 2. The van der Waals surface area contributed by atoms with Crippen molar-refractivity contribution in [2.45, 2.75) is 12.5 Å². The fourth-order valence-corrected chi connectivity index (χ4v) is 2.57. The lowest BCUT2D eigenvalue weighted by atomic mass is 10.0. The fourth-order valence-electron chi connectivity index (χ4n) is 2.31. The van der Waals surface area contributed by atoms with Gasteiger partial charge in [-0.2, -0.15) is 5.10 Å². The third-order valence-corrected chi connectivity index (χ3v) is 4.15. The van der Waals surface area contributed by atoms with E-state index in [1.54, 1.807) is 11.0 Å². The van der Waals surface area contributed by atoms with Gasteiger partial charge in [0.05, 0.1) is 5.69 Å². The molecule has 20 heavy (non-hydrogen) atoms. The molecule has 1 aliphatic heterocycles. The Balaban J connectivity index is 1.80. The first-order valence-electron chi connectivity index (χ1n) is 6.51. The highest BCUT2D eigenvalue weighted by Gasteiger charge is 2.32. The number of nitrogens with one attached hydrogen (secondary N) is 1. The minimum Gasteiger partial charge on any atom is -0.333 e. The molecule has 3 N–H and O–H groups in total. The Morgan fingerprint density at radius 1 is 1.45 bits per heavy atom. The summed E-state index contributed by atoms with van der Waals surface area (Å²) in [5.41, 5.74) is 7.88. The van der Waals surface area contributed by atoms with Crippen LogP contribution in [-0.4, -0.2) is 40.1 Å². The van der Waals surface area contributed by atoms with Crippen LogP contribution in [0.3, 0.4) is 0 Å². The summed E-state index contributed by atoms with van der Waals surface area (Å²) in [5.74, 6) is -0.0254. The number of benzene rings is 1. The van der Waals surface area contributed by atoms with E-state index >= 15 is 0 Å². The van der Waals surface area contributed by atoms with Gasteiger partial charge in [0.1, 0.15) is 5.69 Å². The molecule has 104 valence electrons. The molecule has 5 nitrogen and oxygen atoms in total. The molecule has 0 saturated carbocycles. The SMILES string of the molecule is NCC1CCN1C(=O)c1cc(-c2ccc(Br)cc2)n[nH]1. The molecule has 1 unspecified atom stereocenters. The average Bonchev–Trinajstić information content (AvgIpc) is 2.88. The van der Waals surface area contributed by atoms with Gasteiger partial charge in [-0.3, -0.25) is 9.89 Å². The zero-order chi connectivity index (χ0) is 14.1. The smallest absolute Gasteiger partial charge is 0.272 e. The van der Waals surface area contributed by atoms with Crippen LogP contribution in [0.25, 0.3) is 11.3 Å². The zero-order valence-corrected chi connectivity index (χ0v) is 12.4. The van der Waals surface area contributed by atoms with Crippen molar-refractivity contribution in [3.05, 3.63) is 40.5 Å². The summed E-state index contributed by atoms with van der Waals surface area (Å²) >= 11 is 3.40. The quantitative estimate of drug-likeness (QED) is 0.901. The van der Waals surface area contributed by atoms with Gasteiger partial charge in [0.2, 0.25) is 0 Å². The number of halogens is 1. The lowest BCUT2D eigenvalue weighted by Gasteiger charge is -2.39. The highest BCUT2D eigenvalue weighted by Crippen LogP contribution is 2.23. The normalized spacial score (nSPS) is 17.9. The molecule has 1 fully saturated rings. The number of H-pyrrole nitrogens is 1. The molecular formula is C14H15BrN4O. The molecular weight excluding hydrogens is 320 g/mol. The largest absolute Gasteiger partial charge is 0.333 e. The van der Waals surface area contributed by atoms with Crippen LogP contribution in [0.1, 0.15) is 16.9 Å². The summed E-state index contributed by atoms with van der Waals surface area (Å²) in [5, 5.41) is 7.03. The number of amides is 1. The molecule has 1 atom stereocenters. The Kier molecular flexibility index (Phi) is 3.58. The number of carbonyl (C=O) groups is 1. The molecule has 0 aliphatic carbocycles. The van der Waals surface area contributed by atoms with E-state index in [1.807, 2.05) is 24.3 Å². The number of hydrogen-bond donors (Lipinski definition) is 2. The van der Waals surface area contributed by atoms with Crippen molar-refractivity contribution in [3.8, 4) is 11.3 Å². The van der Waals surface area contributed by atoms with Gasteiger partial charge in [-0.15, -0.1) is 0 Å². The lowest BCUT2D eigenvalue weighted by molar-refractivity contribution is 0.0475. The van der Waals surface area contributed by atoms with Crippen molar-refractivity contribution in [1.82, 2.24) is 15.1 Å². The fraction of sp³-hybridized carbons (Fsp3) is 0.286. The lowest BCUT2D eigenvalue weighted by Crippen LogP contribution is -2.54. The number of hydrogen-bond acceptors (Lipinski definition) is 3. The van der Waals surface area contributed by atoms with Gasteiger partial charge in [-0.25, -0.2) is 0 Å². The molecule has 2 heterocycles. The molecule has 0 radical (unpaired) electrons. The van der Waals surface area contributed by atoms with Gasteiger partial charge >= 0.3 is 0 Å². The molecule has 0 bridgehead atoms. The predicted molar refractivity (Wildman–Crippen MR) is 80.2 cm³/mol. The van der Waals surface area contributed by atoms with E-state index in [-0.39, 0.29) is 11.9 Å². The monoisotopic (exact) mass is 334 g/mol. The molecule has 0 spiro atoms. The highest BCUT2D eigenvalue weighted by atomic mass is 79.9. The summed E-state index contributed by atoms with van der Waals surface area (Å²) in [7, 11) is 0. The topological polar surface area (TPSA) is 75.0 Å². The number of rotatable bonds is 3. The molecule has 1 saturated heterocycles. The van der Waals surface area contributed by atoms with Crippen LogP contribution in [0.2, 0.25) is 0 Å².